The maximum absolute atomic E-state index is 12.6. The van der Waals surface area contributed by atoms with Crippen molar-refractivity contribution in [2.24, 2.45) is 0 Å². The molecular weight excluding hydrogens is 434 g/mol. The second-order valence-corrected chi connectivity index (χ2v) is 8.67. The van der Waals surface area contributed by atoms with Crippen LogP contribution >= 0.6 is 0 Å². The number of carbonyl (C=O) groups excluding carboxylic acids is 2. The van der Waals surface area contributed by atoms with Gasteiger partial charge in [-0.15, -0.1) is 0 Å². The molecule has 0 aromatic heterocycles. The summed E-state index contributed by atoms with van der Waals surface area (Å²) in [5, 5.41) is 2.87. The molecule has 1 N–H and O–H groups in total. The second kappa shape index (κ2) is 11.2. The fourth-order valence-corrected chi connectivity index (χ4v) is 4.41. The monoisotopic (exact) mass is 467 g/mol. The molecule has 2 aromatic carbocycles. The van der Waals surface area contributed by atoms with Gasteiger partial charge in [0.2, 0.25) is 11.8 Å². The van der Waals surface area contributed by atoms with Gasteiger partial charge in [-0.2, -0.15) is 0 Å². The Labute approximate surface area is 200 Å². The largest absolute Gasteiger partial charge is 0.494 e. The highest BCUT2D eigenvalue weighted by Gasteiger charge is 2.21. The molecule has 1 fully saturated rings. The lowest BCUT2D eigenvalue weighted by Crippen LogP contribution is -2.48. The zero-order valence-electron chi connectivity index (χ0n) is 20.0. The number of nitrogens with zero attached hydrogens (tertiary/aromatic N) is 2. The number of aryl methyl sites for hydroxylation is 1. The van der Waals surface area contributed by atoms with Crippen molar-refractivity contribution in [3.05, 3.63) is 47.5 Å². The normalized spacial score (nSPS) is 15.9. The van der Waals surface area contributed by atoms with E-state index in [4.69, 9.17) is 14.2 Å². The van der Waals surface area contributed by atoms with Gasteiger partial charge in [0, 0.05) is 51.3 Å². The maximum atomic E-state index is 12.6. The van der Waals surface area contributed by atoms with Crippen LogP contribution in [0.2, 0.25) is 0 Å². The molecule has 0 saturated carbocycles. The highest BCUT2D eigenvalue weighted by Crippen LogP contribution is 2.28. The van der Waals surface area contributed by atoms with Crippen molar-refractivity contribution in [2.75, 3.05) is 52.3 Å². The van der Waals surface area contributed by atoms with E-state index in [9.17, 15) is 9.59 Å². The lowest BCUT2D eigenvalue weighted by atomic mass is 10.0. The number of hydrogen-bond acceptors (Lipinski definition) is 6. The minimum Gasteiger partial charge on any atom is -0.494 e. The third-order valence-corrected chi connectivity index (χ3v) is 6.36. The first kappa shape index (κ1) is 23.9. The highest BCUT2D eigenvalue weighted by atomic mass is 16.5. The van der Waals surface area contributed by atoms with Crippen molar-refractivity contribution < 1.29 is 23.8 Å². The summed E-state index contributed by atoms with van der Waals surface area (Å²) >= 11 is 0. The minimum absolute atomic E-state index is 0.0569. The van der Waals surface area contributed by atoms with Crippen LogP contribution < -0.4 is 19.5 Å². The Kier molecular flexibility index (Phi) is 7.90. The minimum atomic E-state index is 0.0569. The van der Waals surface area contributed by atoms with E-state index in [1.165, 1.54) is 5.56 Å². The number of rotatable bonds is 9. The summed E-state index contributed by atoms with van der Waals surface area (Å²) in [7, 11) is 3.28. The van der Waals surface area contributed by atoms with Crippen LogP contribution in [-0.2, 0) is 22.6 Å². The van der Waals surface area contributed by atoms with Crippen molar-refractivity contribution >= 4 is 17.5 Å². The van der Waals surface area contributed by atoms with E-state index in [1.807, 2.05) is 35.2 Å². The molecule has 0 bridgehead atoms. The number of carbonyl (C=O) groups is 2. The molecule has 0 aliphatic carbocycles. The summed E-state index contributed by atoms with van der Waals surface area (Å²) < 4.78 is 16.5. The number of methoxy groups -OCH3 is 2. The highest BCUT2D eigenvalue weighted by molar-refractivity contribution is 5.94. The molecule has 4 rings (SSSR count). The van der Waals surface area contributed by atoms with Crippen molar-refractivity contribution in [1.29, 1.82) is 0 Å². The Morgan fingerprint density at radius 2 is 1.76 bits per heavy atom. The van der Waals surface area contributed by atoms with Gasteiger partial charge in [-0.3, -0.25) is 14.5 Å². The van der Waals surface area contributed by atoms with E-state index in [2.05, 4.69) is 16.3 Å². The summed E-state index contributed by atoms with van der Waals surface area (Å²) in [5.74, 6) is 2.49. The molecule has 2 aliphatic heterocycles. The van der Waals surface area contributed by atoms with Gasteiger partial charge in [-0.05, 0) is 54.3 Å². The zero-order valence-corrected chi connectivity index (χ0v) is 20.0. The third-order valence-electron chi connectivity index (χ3n) is 6.36. The van der Waals surface area contributed by atoms with E-state index >= 15 is 0 Å². The van der Waals surface area contributed by atoms with E-state index in [0.29, 0.717) is 25.9 Å². The fraction of sp³-hybridized carbons (Fsp3) is 0.462. The Morgan fingerprint density at radius 3 is 2.53 bits per heavy atom. The summed E-state index contributed by atoms with van der Waals surface area (Å²) in [6.45, 7) is 4.49. The molecule has 2 heterocycles. The number of ether oxygens (including phenoxy) is 3. The zero-order chi connectivity index (χ0) is 23.9. The van der Waals surface area contributed by atoms with E-state index in [0.717, 1.165) is 67.6 Å². The van der Waals surface area contributed by atoms with Crippen LogP contribution in [0.15, 0.2) is 36.4 Å². The molecule has 34 heavy (non-hydrogen) atoms. The molecule has 0 unspecified atom stereocenters. The molecule has 8 nitrogen and oxygen atoms in total. The van der Waals surface area contributed by atoms with Gasteiger partial charge in [0.15, 0.2) is 11.5 Å². The predicted octanol–water partition coefficient (Wildman–Crippen LogP) is 3.09. The smallest absolute Gasteiger partial charge is 0.224 e. The van der Waals surface area contributed by atoms with Gasteiger partial charge in [0.1, 0.15) is 5.75 Å². The average Bonchev–Trinajstić information content (AvgIpc) is 2.86. The van der Waals surface area contributed by atoms with Crippen LogP contribution in [0.1, 0.15) is 30.4 Å². The first-order valence-electron chi connectivity index (χ1n) is 11.8. The standard InChI is InChI=1S/C26H33N3O5/c1-32-23-9-5-19(16-24(23)33-2)18-28-11-13-29(14-12-28)26(31)4-3-15-34-21-7-8-22-20(17-21)6-10-25(30)27-22/h5,7-9,16-17H,3-4,6,10-15,18H2,1-2H3,(H,27,30). The summed E-state index contributed by atoms with van der Waals surface area (Å²) in [6.07, 6.45) is 2.40. The molecule has 8 heteroatoms. The SMILES string of the molecule is COc1ccc(CN2CCN(C(=O)CCCOc3ccc4c(c3)CCC(=O)N4)CC2)cc1OC. The van der Waals surface area contributed by atoms with Gasteiger partial charge in [0.25, 0.3) is 0 Å². The second-order valence-electron chi connectivity index (χ2n) is 8.67. The fourth-order valence-electron chi connectivity index (χ4n) is 4.41. The van der Waals surface area contributed by atoms with Crippen molar-refractivity contribution in [2.45, 2.75) is 32.2 Å². The van der Waals surface area contributed by atoms with E-state index in [1.54, 1.807) is 14.2 Å². The molecule has 2 amide bonds. The van der Waals surface area contributed by atoms with E-state index in [-0.39, 0.29) is 11.8 Å². The predicted molar refractivity (Wildman–Crippen MR) is 130 cm³/mol. The van der Waals surface area contributed by atoms with Gasteiger partial charge in [-0.1, -0.05) is 6.07 Å². The van der Waals surface area contributed by atoms with Crippen molar-refractivity contribution in [3.8, 4) is 17.2 Å². The molecule has 182 valence electrons. The van der Waals surface area contributed by atoms with Crippen molar-refractivity contribution in [3.63, 3.8) is 0 Å². The summed E-state index contributed by atoms with van der Waals surface area (Å²) in [4.78, 5) is 28.4. The van der Waals surface area contributed by atoms with Crippen molar-refractivity contribution in [1.82, 2.24) is 9.80 Å². The van der Waals surface area contributed by atoms with Gasteiger partial charge in [-0.25, -0.2) is 0 Å². The van der Waals surface area contributed by atoms with Crippen LogP contribution in [-0.4, -0.2) is 68.6 Å². The quantitative estimate of drug-likeness (QED) is 0.571. The molecule has 2 aromatic rings. The molecule has 0 atom stereocenters. The Balaban J connectivity index is 1.16. The van der Waals surface area contributed by atoms with Gasteiger partial charge in [0.05, 0.1) is 20.8 Å². The lowest BCUT2D eigenvalue weighted by Gasteiger charge is -2.35. The molecular formula is C26H33N3O5. The number of amides is 2. The topological polar surface area (TPSA) is 80.3 Å². The number of benzene rings is 2. The average molecular weight is 468 g/mol. The Hall–Kier alpha value is -3.26. The number of nitrogens with one attached hydrogen (secondary N) is 1. The van der Waals surface area contributed by atoms with E-state index < -0.39 is 0 Å². The van der Waals surface area contributed by atoms with Crippen LogP contribution in [0.4, 0.5) is 5.69 Å². The summed E-state index contributed by atoms with van der Waals surface area (Å²) in [6, 6.07) is 11.7. The molecule has 0 spiro atoms. The third kappa shape index (κ3) is 5.99. The summed E-state index contributed by atoms with van der Waals surface area (Å²) in [5.41, 5.74) is 3.13. The number of hydrogen-bond donors (Lipinski definition) is 1. The van der Waals surface area contributed by atoms with Crippen LogP contribution in [0.3, 0.4) is 0 Å². The number of piperazine rings is 1. The van der Waals surface area contributed by atoms with Crippen LogP contribution in [0, 0.1) is 0 Å². The molecule has 1 saturated heterocycles. The van der Waals surface area contributed by atoms with Gasteiger partial charge >= 0.3 is 0 Å². The number of fused-ring (bicyclic) bond motifs is 1. The lowest BCUT2D eigenvalue weighted by molar-refractivity contribution is -0.133. The number of anilines is 1. The van der Waals surface area contributed by atoms with Crippen LogP contribution in [0.25, 0.3) is 0 Å². The first-order valence-corrected chi connectivity index (χ1v) is 11.8. The molecule has 0 radical (unpaired) electrons. The first-order chi connectivity index (χ1) is 16.6. The van der Waals surface area contributed by atoms with Gasteiger partial charge < -0.3 is 24.4 Å². The Morgan fingerprint density at radius 1 is 0.971 bits per heavy atom. The Bertz CT molecular complexity index is 1020. The maximum Gasteiger partial charge on any atom is 0.224 e. The van der Waals surface area contributed by atoms with Crippen LogP contribution in [0.5, 0.6) is 17.2 Å². The molecule has 2 aliphatic rings.